The molecule has 2 amide bonds. The molecule has 25 heavy (non-hydrogen) atoms. The van der Waals surface area contributed by atoms with Crippen molar-refractivity contribution in [1.29, 1.82) is 0 Å². The summed E-state index contributed by atoms with van der Waals surface area (Å²) in [6.07, 6.45) is 1.64. The van der Waals surface area contributed by atoms with Crippen LogP contribution in [0.4, 0.5) is 0 Å². The number of furan rings is 1. The van der Waals surface area contributed by atoms with Crippen LogP contribution in [0.15, 0.2) is 53.1 Å². The molecule has 0 radical (unpaired) electrons. The van der Waals surface area contributed by atoms with Gasteiger partial charge < -0.3 is 14.6 Å². The van der Waals surface area contributed by atoms with E-state index in [4.69, 9.17) is 4.42 Å². The Bertz CT molecular complexity index is 700. The number of amides is 2. The minimum atomic E-state index is -0.482. The summed E-state index contributed by atoms with van der Waals surface area (Å²) in [4.78, 5) is 28.4. The van der Waals surface area contributed by atoms with Crippen LogP contribution >= 0.6 is 0 Å². The van der Waals surface area contributed by atoms with Crippen molar-refractivity contribution in [2.45, 2.75) is 26.1 Å². The van der Waals surface area contributed by atoms with Crippen LogP contribution in [0.2, 0.25) is 0 Å². The van der Waals surface area contributed by atoms with E-state index in [-0.39, 0.29) is 11.8 Å². The Hall–Kier alpha value is -2.60. The average molecular weight is 341 g/mol. The van der Waals surface area contributed by atoms with Gasteiger partial charge in [0.15, 0.2) is 0 Å². The van der Waals surface area contributed by atoms with E-state index < -0.39 is 6.04 Å². The maximum absolute atomic E-state index is 12.7. The minimum Gasteiger partial charge on any atom is -0.468 e. The van der Waals surface area contributed by atoms with Crippen LogP contribution in [-0.2, 0) is 22.7 Å². The Kier molecular flexibility index (Phi) is 5.50. The highest BCUT2D eigenvalue weighted by atomic mass is 16.3. The number of nitrogens with zero attached hydrogens (tertiary/aromatic N) is 2. The van der Waals surface area contributed by atoms with Gasteiger partial charge in [0, 0.05) is 33.1 Å². The zero-order valence-electron chi connectivity index (χ0n) is 14.4. The summed E-state index contributed by atoms with van der Waals surface area (Å²) < 4.78 is 5.39. The largest absolute Gasteiger partial charge is 0.468 e. The van der Waals surface area contributed by atoms with Gasteiger partial charge in [-0.1, -0.05) is 30.3 Å². The molecule has 0 spiro atoms. The fourth-order valence-electron chi connectivity index (χ4n) is 3.11. The fraction of sp³-hybridized carbons (Fsp3) is 0.368. The first-order valence-electron chi connectivity index (χ1n) is 8.47. The predicted octanol–water partition coefficient (Wildman–Crippen LogP) is 1.63. The van der Waals surface area contributed by atoms with E-state index in [1.165, 1.54) is 6.92 Å². The number of hydrogen-bond acceptors (Lipinski definition) is 4. The van der Waals surface area contributed by atoms with Crippen molar-refractivity contribution < 1.29 is 14.0 Å². The SMILES string of the molecule is CC(=O)N1CCN(Cc2ccco2)CC1C(=O)NCc1ccccc1. The second-order valence-electron chi connectivity index (χ2n) is 6.25. The quantitative estimate of drug-likeness (QED) is 0.898. The highest BCUT2D eigenvalue weighted by molar-refractivity contribution is 5.87. The first-order valence-corrected chi connectivity index (χ1v) is 8.47. The number of benzene rings is 1. The van der Waals surface area contributed by atoms with Gasteiger partial charge in [0.2, 0.25) is 11.8 Å². The molecule has 1 fully saturated rings. The van der Waals surface area contributed by atoms with E-state index in [9.17, 15) is 9.59 Å². The highest BCUT2D eigenvalue weighted by Crippen LogP contribution is 2.14. The summed E-state index contributed by atoms with van der Waals surface area (Å²) in [7, 11) is 0. The van der Waals surface area contributed by atoms with Gasteiger partial charge in [-0.25, -0.2) is 0 Å². The molecular formula is C19H23N3O3. The normalized spacial score (nSPS) is 18.1. The molecule has 1 aromatic carbocycles. The van der Waals surface area contributed by atoms with E-state index in [0.717, 1.165) is 17.9 Å². The molecule has 1 aromatic heterocycles. The van der Waals surface area contributed by atoms with Crippen molar-refractivity contribution in [3.63, 3.8) is 0 Å². The van der Waals surface area contributed by atoms with Gasteiger partial charge in [0.1, 0.15) is 11.8 Å². The highest BCUT2D eigenvalue weighted by Gasteiger charge is 2.33. The number of hydrogen-bond donors (Lipinski definition) is 1. The van der Waals surface area contributed by atoms with Crippen molar-refractivity contribution in [3.05, 3.63) is 60.1 Å². The average Bonchev–Trinajstić information content (AvgIpc) is 3.13. The smallest absolute Gasteiger partial charge is 0.244 e. The molecule has 132 valence electrons. The van der Waals surface area contributed by atoms with Crippen LogP contribution in [0.25, 0.3) is 0 Å². The first kappa shape index (κ1) is 17.2. The molecule has 1 saturated heterocycles. The maximum Gasteiger partial charge on any atom is 0.244 e. The van der Waals surface area contributed by atoms with Crippen LogP contribution in [0.3, 0.4) is 0 Å². The third-order valence-electron chi connectivity index (χ3n) is 4.44. The molecule has 1 aliphatic rings. The lowest BCUT2D eigenvalue weighted by atomic mass is 10.1. The van der Waals surface area contributed by atoms with E-state index >= 15 is 0 Å². The lowest BCUT2D eigenvalue weighted by Crippen LogP contribution is -2.59. The van der Waals surface area contributed by atoms with Crippen LogP contribution in [-0.4, -0.2) is 47.3 Å². The Labute approximate surface area is 147 Å². The van der Waals surface area contributed by atoms with Gasteiger partial charge in [-0.15, -0.1) is 0 Å². The van der Waals surface area contributed by atoms with Gasteiger partial charge in [0.25, 0.3) is 0 Å². The van der Waals surface area contributed by atoms with Gasteiger partial charge in [-0.05, 0) is 17.7 Å². The standard InChI is InChI=1S/C19H23N3O3/c1-15(23)22-10-9-21(13-17-8-5-11-25-17)14-18(22)19(24)20-12-16-6-3-2-4-7-16/h2-8,11,18H,9-10,12-14H2,1H3,(H,20,24). The first-order chi connectivity index (χ1) is 12.1. The molecule has 6 nitrogen and oxygen atoms in total. The van der Waals surface area contributed by atoms with E-state index in [2.05, 4.69) is 10.2 Å². The predicted molar refractivity (Wildman–Crippen MR) is 93.4 cm³/mol. The van der Waals surface area contributed by atoms with E-state index in [1.54, 1.807) is 11.2 Å². The molecule has 1 aliphatic heterocycles. The molecule has 1 atom stereocenters. The maximum atomic E-state index is 12.7. The monoisotopic (exact) mass is 341 g/mol. The van der Waals surface area contributed by atoms with E-state index in [0.29, 0.717) is 26.2 Å². The van der Waals surface area contributed by atoms with Gasteiger partial charge in [0.05, 0.1) is 12.8 Å². The minimum absolute atomic E-state index is 0.0718. The number of nitrogens with one attached hydrogen (secondary N) is 1. The Balaban J connectivity index is 1.63. The Morgan fingerprint density at radius 3 is 2.64 bits per heavy atom. The summed E-state index contributed by atoms with van der Waals surface area (Å²) >= 11 is 0. The third-order valence-corrected chi connectivity index (χ3v) is 4.44. The van der Waals surface area contributed by atoms with Crippen LogP contribution in [0.5, 0.6) is 0 Å². The summed E-state index contributed by atoms with van der Waals surface area (Å²) in [6.45, 7) is 4.38. The van der Waals surface area contributed by atoms with Crippen LogP contribution in [0, 0.1) is 0 Å². The Morgan fingerprint density at radius 2 is 1.96 bits per heavy atom. The molecule has 2 aromatic rings. The molecule has 0 bridgehead atoms. The van der Waals surface area contributed by atoms with Crippen molar-refractivity contribution in [2.75, 3.05) is 19.6 Å². The lowest BCUT2D eigenvalue weighted by Gasteiger charge is -2.39. The topological polar surface area (TPSA) is 65.8 Å². The van der Waals surface area contributed by atoms with Crippen LogP contribution < -0.4 is 5.32 Å². The van der Waals surface area contributed by atoms with Gasteiger partial charge >= 0.3 is 0 Å². The van der Waals surface area contributed by atoms with Gasteiger partial charge in [-0.2, -0.15) is 0 Å². The molecule has 1 unspecified atom stereocenters. The lowest BCUT2D eigenvalue weighted by molar-refractivity contribution is -0.142. The zero-order valence-corrected chi connectivity index (χ0v) is 14.4. The number of carbonyl (C=O) groups is 2. The molecule has 0 aliphatic carbocycles. The number of piperazine rings is 1. The van der Waals surface area contributed by atoms with E-state index in [1.807, 2.05) is 42.5 Å². The Morgan fingerprint density at radius 1 is 1.16 bits per heavy atom. The van der Waals surface area contributed by atoms with Crippen molar-refractivity contribution in [1.82, 2.24) is 15.1 Å². The second kappa shape index (κ2) is 7.98. The van der Waals surface area contributed by atoms with Crippen LogP contribution in [0.1, 0.15) is 18.2 Å². The molecule has 6 heteroatoms. The van der Waals surface area contributed by atoms with Gasteiger partial charge in [-0.3, -0.25) is 14.5 Å². The molecule has 3 rings (SSSR count). The summed E-state index contributed by atoms with van der Waals surface area (Å²) in [6, 6.07) is 13.0. The number of carbonyl (C=O) groups excluding carboxylic acids is 2. The third kappa shape index (κ3) is 4.48. The molecule has 2 heterocycles. The zero-order chi connectivity index (χ0) is 17.6. The fourth-order valence-corrected chi connectivity index (χ4v) is 3.11. The summed E-state index contributed by atoms with van der Waals surface area (Å²) in [5.41, 5.74) is 1.04. The number of rotatable bonds is 5. The van der Waals surface area contributed by atoms with Crippen molar-refractivity contribution >= 4 is 11.8 Å². The van der Waals surface area contributed by atoms with Crippen molar-refractivity contribution in [2.24, 2.45) is 0 Å². The molecule has 0 saturated carbocycles. The molecular weight excluding hydrogens is 318 g/mol. The summed E-state index contributed by atoms with van der Waals surface area (Å²) in [5.74, 6) is 0.667. The second-order valence-corrected chi connectivity index (χ2v) is 6.25. The molecule has 1 N–H and O–H groups in total. The van der Waals surface area contributed by atoms with Crippen molar-refractivity contribution in [3.8, 4) is 0 Å². The summed E-state index contributed by atoms with van der Waals surface area (Å²) in [5, 5.41) is 2.95.